The molecule has 0 bridgehead atoms. The van der Waals surface area contributed by atoms with E-state index in [-0.39, 0.29) is 25.7 Å². The van der Waals surface area contributed by atoms with Gasteiger partial charge in [-0.15, -0.1) is 0 Å². The van der Waals surface area contributed by atoms with Gasteiger partial charge in [0.05, 0.1) is 26.4 Å². The molecule has 0 aromatic heterocycles. The van der Waals surface area contributed by atoms with Gasteiger partial charge >= 0.3 is 39.5 Å². The summed E-state index contributed by atoms with van der Waals surface area (Å²) in [5, 5.41) is 10.6. The van der Waals surface area contributed by atoms with E-state index in [1.807, 2.05) is 12.2 Å². The maximum Gasteiger partial charge on any atom is 0.472 e. The number of unbranched alkanes of at least 4 members (excludes halogenated alkanes) is 35. The minimum atomic E-state index is -4.99. The van der Waals surface area contributed by atoms with E-state index < -0.39 is 97.5 Å². The van der Waals surface area contributed by atoms with Crippen molar-refractivity contribution >= 4 is 39.5 Å². The Hall–Kier alpha value is -4.02. The quantitative estimate of drug-likeness (QED) is 0.0128. The number of phosphoric ester groups is 2. The molecule has 0 amide bonds. The zero-order valence-electron chi connectivity index (χ0n) is 64.5. The Labute approximate surface area is 620 Å². The Morgan fingerprint density at radius 2 is 0.520 bits per heavy atom. The second-order valence-electron chi connectivity index (χ2n) is 27.0. The molecule has 590 valence electrons. The predicted molar refractivity (Wildman–Crippen MR) is 418 cm³/mol. The normalized spacial score (nSPS) is 14.4. The molecule has 0 rings (SSSR count). The Morgan fingerprint density at radius 1 is 0.284 bits per heavy atom. The Kier molecular flexibility index (Phi) is 72.3. The third-order valence-electron chi connectivity index (χ3n) is 17.0. The molecular weight excluding hydrogens is 1330 g/mol. The van der Waals surface area contributed by atoms with Crippen LogP contribution >= 0.6 is 15.6 Å². The number of carbonyl (C=O) groups is 4. The number of carbonyl (C=O) groups excluding carboxylic acids is 4. The lowest BCUT2D eigenvalue weighted by Crippen LogP contribution is -2.30. The summed E-state index contributed by atoms with van der Waals surface area (Å²) < 4.78 is 68.6. The van der Waals surface area contributed by atoms with Crippen molar-refractivity contribution in [1.29, 1.82) is 0 Å². The number of phosphoric acid groups is 2. The van der Waals surface area contributed by atoms with Gasteiger partial charge in [-0.3, -0.25) is 37.3 Å². The van der Waals surface area contributed by atoms with Crippen LogP contribution in [0.1, 0.15) is 349 Å². The molecule has 0 aliphatic heterocycles. The van der Waals surface area contributed by atoms with Crippen LogP contribution in [0, 0.1) is 0 Å². The summed E-state index contributed by atoms with van der Waals surface area (Å²) in [5.74, 6) is -2.26. The smallest absolute Gasteiger partial charge is 0.462 e. The first-order valence-electron chi connectivity index (χ1n) is 40.5. The molecule has 0 aliphatic carbocycles. The van der Waals surface area contributed by atoms with Gasteiger partial charge in [-0.05, 0) is 141 Å². The van der Waals surface area contributed by atoms with Gasteiger partial charge < -0.3 is 33.8 Å². The highest BCUT2D eigenvalue weighted by Gasteiger charge is 2.30. The maximum atomic E-state index is 13.1. The van der Waals surface area contributed by atoms with Gasteiger partial charge in [-0.25, -0.2) is 9.13 Å². The summed E-state index contributed by atoms with van der Waals surface area (Å²) in [5.41, 5.74) is 0. The highest BCUT2D eigenvalue weighted by atomic mass is 31.2. The monoisotopic (exact) mass is 1480 g/mol. The molecule has 0 saturated carbocycles. The van der Waals surface area contributed by atoms with E-state index in [1.165, 1.54) is 122 Å². The molecule has 2 unspecified atom stereocenters. The van der Waals surface area contributed by atoms with Crippen LogP contribution in [0.15, 0.2) is 97.2 Å². The predicted octanol–water partition coefficient (Wildman–Crippen LogP) is 23.6. The molecule has 0 spiro atoms. The molecule has 102 heavy (non-hydrogen) atoms. The Morgan fingerprint density at radius 3 is 0.873 bits per heavy atom. The van der Waals surface area contributed by atoms with E-state index in [0.717, 1.165) is 141 Å². The maximum absolute atomic E-state index is 13.1. The number of rotatable bonds is 76. The topological polar surface area (TPSA) is 237 Å². The fourth-order valence-electron chi connectivity index (χ4n) is 10.8. The molecule has 0 fully saturated rings. The Bertz CT molecular complexity index is 2310. The molecule has 3 N–H and O–H groups in total. The van der Waals surface area contributed by atoms with Gasteiger partial charge in [0.1, 0.15) is 19.3 Å². The van der Waals surface area contributed by atoms with Crippen LogP contribution in [0.3, 0.4) is 0 Å². The molecule has 0 aromatic carbocycles. The molecule has 0 heterocycles. The van der Waals surface area contributed by atoms with Gasteiger partial charge in [-0.2, -0.15) is 0 Å². The van der Waals surface area contributed by atoms with Gasteiger partial charge in [-0.1, -0.05) is 279 Å². The molecule has 0 saturated heterocycles. The SMILES string of the molecule is CCCCC/C=C\C/C=C\C/C=C\C/C=C\CCCC(=O)OC[C@H](COP(=O)(O)OC[C@H](O)COP(=O)(O)OC[C@@H](COC(=O)CCCCCCC/C=C\CCCCCCCC)OC(=O)CCCCCCC/C=C\CCCCCCCC)OC(=O)CCCCCCC/C=C\C=C/CCCCCC. The van der Waals surface area contributed by atoms with Gasteiger partial charge in [0.15, 0.2) is 12.2 Å². The largest absolute Gasteiger partial charge is 0.472 e. The molecule has 0 aliphatic rings. The van der Waals surface area contributed by atoms with Crippen molar-refractivity contribution in [3.05, 3.63) is 97.2 Å². The summed E-state index contributed by atoms with van der Waals surface area (Å²) in [6, 6.07) is 0. The molecule has 19 heteroatoms. The first kappa shape index (κ1) is 98.0. The van der Waals surface area contributed by atoms with Gasteiger partial charge in [0.2, 0.25) is 0 Å². The molecule has 17 nitrogen and oxygen atoms in total. The van der Waals surface area contributed by atoms with Gasteiger partial charge in [0.25, 0.3) is 0 Å². The average molecular weight is 1480 g/mol. The average Bonchev–Trinajstić information content (AvgIpc) is 0.923. The van der Waals surface area contributed by atoms with E-state index in [1.54, 1.807) is 0 Å². The highest BCUT2D eigenvalue weighted by Crippen LogP contribution is 2.45. The minimum absolute atomic E-state index is 0.0655. The number of hydrogen-bond donors (Lipinski definition) is 3. The molecule has 5 atom stereocenters. The van der Waals surface area contributed by atoms with Crippen LogP contribution in [0.25, 0.3) is 0 Å². The number of ether oxygens (including phenoxy) is 4. The van der Waals surface area contributed by atoms with Crippen LogP contribution in [0.4, 0.5) is 0 Å². The zero-order chi connectivity index (χ0) is 74.6. The van der Waals surface area contributed by atoms with Crippen molar-refractivity contribution in [2.24, 2.45) is 0 Å². The summed E-state index contributed by atoms with van der Waals surface area (Å²) in [4.78, 5) is 73.0. The standard InChI is InChI=1S/C83H146O17P2/c1-5-9-13-17-21-25-29-33-37-38-42-44-48-52-56-60-64-68-81(86)94-74-79(100-83(88)70-66-62-58-54-50-46-41-36-32-28-24-20-16-12-8-4)76-98-102(91,92)96-72-77(84)71-95-101(89,90)97-75-78(99-82(87)69-65-61-57-53-49-45-40-35-31-27-23-19-15-11-7-3)73-93-80(85)67-63-59-55-51-47-43-39-34-30-26-22-18-14-10-6-2/h21,25,28,32-37,39-42,44,52,56,77-79,84H,5-20,22-24,26-27,29-31,38,43,45-51,53-55,57-76H2,1-4H3,(H,89,90)(H,91,92)/b25-21-,32-28-,37-33-,39-34-,40-35-,41-36-,44-42-,56-52-/t77-,78-,79-/m1/s1. The fourth-order valence-corrected chi connectivity index (χ4v) is 12.4. The van der Waals surface area contributed by atoms with Crippen LogP contribution in [0.5, 0.6) is 0 Å². The number of esters is 4. The number of aliphatic hydroxyl groups excluding tert-OH is 1. The summed E-state index contributed by atoms with van der Waals surface area (Å²) in [7, 11) is -9.98. The van der Waals surface area contributed by atoms with E-state index in [4.69, 9.17) is 37.0 Å². The van der Waals surface area contributed by atoms with Crippen molar-refractivity contribution < 1.29 is 80.2 Å². The summed E-state index contributed by atoms with van der Waals surface area (Å²) >= 11 is 0. The van der Waals surface area contributed by atoms with Crippen molar-refractivity contribution in [3.8, 4) is 0 Å². The van der Waals surface area contributed by atoms with Crippen molar-refractivity contribution in [3.63, 3.8) is 0 Å². The van der Waals surface area contributed by atoms with Crippen molar-refractivity contribution in [2.75, 3.05) is 39.6 Å². The number of hydrogen-bond acceptors (Lipinski definition) is 15. The van der Waals surface area contributed by atoms with E-state index in [0.29, 0.717) is 32.1 Å². The van der Waals surface area contributed by atoms with Crippen LogP contribution < -0.4 is 0 Å². The van der Waals surface area contributed by atoms with E-state index >= 15 is 0 Å². The fraction of sp³-hybridized carbons (Fsp3) is 0.759. The number of allylic oxidation sites excluding steroid dienone is 16. The molecule has 0 radical (unpaired) electrons. The van der Waals surface area contributed by atoms with E-state index in [2.05, 4.69) is 113 Å². The first-order valence-corrected chi connectivity index (χ1v) is 43.5. The third-order valence-corrected chi connectivity index (χ3v) is 18.9. The third kappa shape index (κ3) is 74.3. The Balaban J connectivity index is 5.42. The van der Waals surface area contributed by atoms with E-state index in [9.17, 15) is 43.2 Å². The van der Waals surface area contributed by atoms with Crippen LogP contribution in [0.2, 0.25) is 0 Å². The minimum Gasteiger partial charge on any atom is -0.462 e. The zero-order valence-corrected chi connectivity index (χ0v) is 66.3. The van der Waals surface area contributed by atoms with Gasteiger partial charge in [0, 0.05) is 25.7 Å². The lowest BCUT2D eigenvalue weighted by atomic mass is 10.1. The molecule has 0 aromatic rings. The molecular formula is C83H146O17P2. The lowest BCUT2D eigenvalue weighted by Gasteiger charge is -2.21. The first-order chi connectivity index (χ1) is 49.7. The summed E-state index contributed by atoms with van der Waals surface area (Å²) in [6.07, 6.45) is 79.6. The van der Waals surface area contributed by atoms with Crippen molar-refractivity contribution in [1.82, 2.24) is 0 Å². The second kappa shape index (κ2) is 75.2. The van der Waals surface area contributed by atoms with Crippen LogP contribution in [-0.4, -0.2) is 96.7 Å². The van der Waals surface area contributed by atoms with Crippen LogP contribution in [-0.2, 0) is 65.4 Å². The summed E-state index contributed by atoms with van der Waals surface area (Å²) in [6.45, 7) is 4.76. The lowest BCUT2D eigenvalue weighted by molar-refractivity contribution is -0.161. The number of aliphatic hydroxyl groups is 1. The highest BCUT2D eigenvalue weighted by molar-refractivity contribution is 7.47. The second-order valence-corrected chi connectivity index (χ2v) is 29.9. The van der Waals surface area contributed by atoms with Crippen molar-refractivity contribution in [2.45, 2.75) is 367 Å².